The zero-order valence-corrected chi connectivity index (χ0v) is 14.1. The van der Waals surface area contributed by atoms with E-state index in [1.54, 1.807) is 35.4 Å². The summed E-state index contributed by atoms with van der Waals surface area (Å²) < 4.78 is 5.60. The SMILES string of the molecule is Cc1ccsc1CN(C)C(=O)CNC(=O)c1ccc(Br)o1. The van der Waals surface area contributed by atoms with E-state index in [1.807, 2.05) is 18.4 Å². The standard InChI is InChI=1S/C14H15BrN2O3S/c1-9-5-6-21-11(9)8-17(2)13(18)7-16-14(19)10-3-4-12(15)20-10/h3-6H,7-8H2,1-2H3,(H,16,19). The summed E-state index contributed by atoms with van der Waals surface area (Å²) in [6.45, 7) is 2.50. The van der Waals surface area contributed by atoms with Crippen molar-refractivity contribution in [3.63, 3.8) is 0 Å². The molecule has 0 radical (unpaired) electrons. The highest BCUT2D eigenvalue weighted by molar-refractivity contribution is 9.10. The first kappa shape index (κ1) is 15.8. The summed E-state index contributed by atoms with van der Waals surface area (Å²) in [6, 6.07) is 5.19. The van der Waals surface area contributed by atoms with Crippen LogP contribution in [0.5, 0.6) is 0 Å². The molecule has 2 amide bonds. The molecule has 0 aliphatic heterocycles. The van der Waals surface area contributed by atoms with Crippen molar-refractivity contribution in [1.82, 2.24) is 10.2 Å². The molecule has 0 saturated heterocycles. The molecule has 2 aromatic rings. The molecule has 2 aromatic heterocycles. The summed E-state index contributed by atoms with van der Waals surface area (Å²) >= 11 is 4.74. The Kier molecular flexibility index (Phi) is 5.19. The molecular weight excluding hydrogens is 356 g/mol. The molecular formula is C14H15BrN2O3S. The number of rotatable bonds is 5. The van der Waals surface area contributed by atoms with Crippen LogP contribution >= 0.6 is 27.3 Å². The summed E-state index contributed by atoms with van der Waals surface area (Å²) in [7, 11) is 1.72. The molecule has 0 unspecified atom stereocenters. The lowest BCUT2D eigenvalue weighted by molar-refractivity contribution is -0.129. The molecule has 0 atom stereocenters. The van der Waals surface area contributed by atoms with Gasteiger partial charge in [-0.15, -0.1) is 11.3 Å². The minimum Gasteiger partial charge on any atom is -0.444 e. The third-order valence-electron chi connectivity index (χ3n) is 2.97. The molecule has 0 fully saturated rings. The average molecular weight is 371 g/mol. The van der Waals surface area contributed by atoms with Crippen LogP contribution in [0.1, 0.15) is 21.0 Å². The number of carbonyl (C=O) groups is 2. The van der Waals surface area contributed by atoms with Gasteiger partial charge in [-0.05, 0) is 52.0 Å². The Bertz CT molecular complexity index is 650. The van der Waals surface area contributed by atoms with Gasteiger partial charge in [0.05, 0.1) is 13.1 Å². The Morgan fingerprint density at radius 1 is 1.38 bits per heavy atom. The number of amides is 2. The molecule has 5 nitrogen and oxygen atoms in total. The van der Waals surface area contributed by atoms with Crippen molar-refractivity contribution >= 4 is 39.1 Å². The summed E-state index contributed by atoms with van der Waals surface area (Å²) in [4.78, 5) is 26.5. The van der Waals surface area contributed by atoms with Gasteiger partial charge in [-0.25, -0.2) is 0 Å². The maximum atomic E-state index is 12.0. The Balaban J connectivity index is 1.84. The minimum atomic E-state index is -0.408. The Morgan fingerprint density at radius 2 is 2.14 bits per heavy atom. The van der Waals surface area contributed by atoms with Gasteiger partial charge in [0.2, 0.25) is 5.91 Å². The number of thiophene rings is 1. The molecule has 0 saturated carbocycles. The predicted molar refractivity (Wildman–Crippen MR) is 84.3 cm³/mol. The molecule has 0 aliphatic rings. The maximum Gasteiger partial charge on any atom is 0.287 e. The molecule has 0 bridgehead atoms. The van der Waals surface area contributed by atoms with Crippen molar-refractivity contribution in [1.29, 1.82) is 0 Å². The molecule has 7 heteroatoms. The first-order chi connectivity index (χ1) is 9.97. The smallest absolute Gasteiger partial charge is 0.287 e. The van der Waals surface area contributed by atoms with Gasteiger partial charge >= 0.3 is 0 Å². The number of halogens is 1. The zero-order valence-electron chi connectivity index (χ0n) is 11.7. The summed E-state index contributed by atoms with van der Waals surface area (Å²) in [5.41, 5.74) is 1.17. The molecule has 2 heterocycles. The van der Waals surface area contributed by atoms with Crippen LogP contribution in [0.4, 0.5) is 0 Å². The topological polar surface area (TPSA) is 62.6 Å². The maximum absolute atomic E-state index is 12.0. The van der Waals surface area contributed by atoms with E-state index in [0.29, 0.717) is 11.2 Å². The number of nitrogens with zero attached hydrogens (tertiary/aromatic N) is 1. The lowest BCUT2D eigenvalue weighted by Gasteiger charge is -2.17. The Hall–Kier alpha value is -1.60. The van der Waals surface area contributed by atoms with Crippen molar-refractivity contribution in [3.05, 3.63) is 44.4 Å². The van der Waals surface area contributed by atoms with Crippen LogP contribution in [0.25, 0.3) is 0 Å². The highest BCUT2D eigenvalue weighted by Gasteiger charge is 2.15. The van der Waals surface area contributed by atoms with E-state index < -0.39 is 5.91 Å². The molecule has 0 aromatic carbocycles. The number of aryl methyl sites for hydroxylation is 1. The van der Waals surface area contributed by atoms with Crippen LogP contribution in [-0.4, -0.2) is 30.3 Å². The first-order valence-corrected chi connectivity index (χ1v) is 7.95. The molecule has 1 N–H and O–H groups in total. The quantitative estimate of drug-likeness (QED) is 0.879. The molecule has 0 spiro atoms. The normalized spacial score (nSPS) is 10.4. The summed E-state index contributed by atoms with van der Waals surface area (Å²) in [5.74, 6) is -0.386. The van der Waals surface area contributed by atoms with E-state index in [-0.39, 0.29) is 18.2 Å². The fraction of sp³-hybridized carbons (Fsp3) is 0.286. The summed E-state index contributed by atoms with van der Waals surface area (Å²) in [5, 5.41) is 4.55. The van der Waals surface area contributed by atoms with Crippen molar-refractivity contribution in [3.8, 4) is 0 Å². The number of hydrogen-bond acceptors (Lipinski definition) is 4. The zero-order chi connectivity index (χ0) is 15.4. The number of nitrogens with one attached hydrogen (secondary N) is 1. The van der Waals surface area contributed by atoms with Crippen molar-refractivity contribution in [2.75, 3.05) is 13.6 Å². The van der Waals surface area contributed by atoms with Gasteiger partial charge in [0.15, 0.2) is 10.4 Å². The van der Waals surface area contributed by atoms with E-state index in [9.17, 15) is 9.59 Å². The number of likely N-dealkylation sites (N-methyl/N-ethyl adjacent to an activating group) is 1. The summed E-state index contributed by atoms with van der Waals surface area (Å²) in [6.07, 6.45) is 0. The van der Waals surface area contributed by atoms with E-state index in [4.69, 9.17) is 4.42 Å². The molecule has 21 heavy (non-hydrogen) atoms. The number of furan rings is 1. The number of hydrogen-bond donors (Lipinski definition) is 1. The van der Waals surface area contributed by atoms with E-state index >= 15 is 0 Å². The van der Waals surface area contributed by atoms with Crippen molar-refractivity contribution < 1.29 is 14.0 Å². The van der Waals surface area contributed by atoms with Crippen LogP contribution in [0.2, 0.25) is 0 Å². The first-order valence-electron chi connectivity index (χ1n) is 6.28. The third-order valence-corrected chi connectivity index (χ3v) is 4.41. The van der Waals surface area contributed by atoms with Gasteiger partial charge in [0.25, 0.3) is 5.91 Å². The lowest BCUT2D eigenvalue weighted by atomic mass is 10.3. The van der Waals surface area contributed by atoms with Gasteiger partial charge < -0.3 is 14.6 Å². The molecule has 0 aliphatic carbocycles. The van der Waals surface area contributed by atoms with Crippen LogP contribution < -0.4 is 5.32 Å². The van der Waals surface area contributed by atoms with Crippen LogP contribution in [0.15, 0.2) is 32.7 Å². The largest absolute Gasteiger partial charge is 0.444 e. The van der Waals surface area contributed by atoms with Crippen molar-refractivity contribution in [2.45, 2.75) is 13.5 Å². The van der Waals surface area contributed by atoms with Crippen LogP contribution in [0, 0.1) is 6.92 Å². The van der Waals surface area contributed by atoms with Crippen molar-refractivity contribution in [2.24, 2.45) is 0 Å². The van der Waals surface area contributed by atoms with Crippen LogP contribution in [-0.2, 0) is 11.3 Å². The second kappa shape index (κ2) is 6.91. The molecule has 112 valence electrons. The van der Waals surface area contributed by atoms with E-state index in [1.165, 1.54) is 5.56 Å². The van der Waals surface area contributed by atoms with Gasteiger partial charge in [0.1, 0.15) is 0 Å². The Morgan fingerprint density at radius 3 is 2.71 bits per heavy atom. The van der Waals surface area contributed by atoms with Gasteiger partial charge in [-0.3, -0.25) is 9.59 Å². The predicted octanol–water partition coefficient (Wildman–Crippen LogP) is 2.80. The monoisotopic (exact) mass is 370 g/mol. The molecule has 2 rings (SSSR count). The fourth-order valence-electron chi connectivity index (χ4n) is 1.68. The number of carbonyl (C=O) groups excluding carboxylic acids is 2. The minimum absolute atomic E-state index is 0.0575. The lowest BCUT2D eigenvalue weighted by Crippen LogP contribution is -2.37. The Labute approximate surface area is 135 Å². The highest BCUT2D eigenvalue weighted by Crippen LogP contribution is 2.17. The van der Waals surface area contributed by atoms with Gasteiger partial charge in [0, 0.05) is 11.9 Å². The van der Waals surface area contributed by atoms with Gasteiger partial charge in [-0.2, -0.15) is 0 Å². The van der Waals surface area contributed by atoms with Gasteiger partial charge in [-0.1, -0.05) is 0 Å². The fourth-order valence-corrected chi connectivity index (χ4v) is 2.95. The van der Waals surface area contributed by atoms with E-state index in [0.717, 1.165) is 4.88 Å². The van der Waals surface area contributed by atoms with E-state index in [2.05, 4.69) is 21.2 Å². The second-order valence-corrected chi connectivity index (χ2v) is 6.35. The van der Waals surface area contributed by atoms with Crippen LogP contribution in [0.3, 0.4) is 0 Å². The second-order valence-electron chi connectivity index (χ2n) is 4.56. The highest BCUT2D eigenvalue weighted by atomic mass is 79.9. The average Bonchev–Trinajstić information content (AvgIpc) is 3.05. The third kappa shape index (κ3) is 4.18.